The van der Waals surface area contributed by atoms with Gasteiger partial charge in [-0.3, -0.25) is 0 Å². The Bertz CT molecular complexity index is 1070. The summed E-state index contributed by atoms with van der Waals surface area (Å²) in [5.74, 6) is 0.934. The lowest BCUT2D eigenvalue weighted by molar-refractivity contribution is 0.249. The molecule has 1 fully saturated rings. The summed E-state index contributed by atoms with van der Waals surface area (Å²) in [6.07, 6.45) is 14.7. The number of rotatable bonds is 9. The first-order valence-corrected chi connectivity index (χ1v) is 13.1. The molecule has 4 rings (SSSR count). The van der Waals surface area contributed by atoms with Gasteiger partial charge in [0.2, 0.25) is 0 Å². The number of aryl methyl sites for hydroxylation is 1. The molecule has 1 aliphatic carbocycles. The van der Waals surface area contributed by atoms with Crippen molar-refractivity contribution in [2.45, 2.75) is 77.6 Å². The maximum atomic E-state index is 15.2. The number of hydrogen-bond donors (Lipinski definition) is 0. The van der Waals surface area contributed by atoms with Crippen LogP contribution in [0.2, 0.25) is 5.02 Å². The van der Waals surface area contributed by atoms with E-state index >= 15 is 4.39 Å². The van der Waals surface area contributed by atoms with Crippen molar-refractivity contribution >= 4 is 22.4 Å². The fourth-order valence-electron chi connectivity index (χ4n) is 5.42. The number of hydrogen-bond acceptors (Lipinski definition) is 0. The van der Waals surface area contributed by atoms with E-state index in [1.807, 2.05) is 12.1 Å². The predicted molar refractivity (Wildman–Crippen MR) is 137 cm³/mol. The van der Waals surface area contributed by atoms with Crippen molar-refractivity contribution in [2.75, 3.05) is 0 Å². The Morgan fingerprint density at radius 3 is 2.30 bits per heavy atom. The summed E-state index contributed by atoms with van der Waals surface area (Å²) in [4.78, 5) is 0. The third-order valence-corrected chi connectivity index (χ3v) is 7.83. The Hall–Kier alpha value is -1.93. The van der Waals surface area contributed by atoms with Crippen LogP contribution in [0.15, 0.2) is 48.5 Å². The quantitative estimate of drug-likeness (QED) is 0.274. The average molecular weight is 469 g/mol. The Morgan fingerprint density at radius 1 is 0.818 bits per heavy atom. The molecule has 33 heavy (non-hydrogen) atoms. The first-order chi connectivity index (χ1) is 16.0. The highest BCUT2D eigenvalue weighted by atomic mass is 35.5. The van der Waals surface area contributed by atoms with Crippen LogP contribution in [0.3, 0.4) is 0 Å². The number of benzene rings is 3. The molecule has 0 unspecified atom stereocenters. The summed E-state index contributed by atoms with van der Waals surface area (Å²) >= 11 is 5.78. The van der Waals surface area contributed by atoms with Gasteiger partial charge in [-0.25, -0.2) is 8.78 Å². The van der Waals surface area contributed by atoms with E-state index in [0.29, 0.717) is 16.5 Å². The Labute approximate surface area is 202 Å². The maximum absolute atomic E-state index is 15.2. The van der Waals surface area contributed by atoms with Crippen LogP contribution in [0.25, 0.3) is 21.9 Å². The number of halogens is 3. The Morgan fingerprint density at radius 2 is 1.58 bits per heavy atom. The monoisotopic (exact) mass is 468 g/mol. The van der Waals surface area contributed by atoms with E-state index in [1.165, 1.54) is 81.9 Å². The largest absolute Gasteiger partial charge is 0.206 e. The molecule has 0 radical (unpaired) electrons. The lowest BCUT2D eigenvalue weighted by atomic mass is 9.77. The van der Waals surface area contributed by atoms with E-state index in [4.69, 9.17) is 11.6 Å². The van der Waals surface area contributed by atoms with E-state index < -0.39 is 5.82 Å². The van der Waals surface area contributed by atoms with E-state index in [2.05, 4.69) is 19.1 Å². The Balaban J connectivity index is 1.35. The van der Waals surface area contributed by atoms with Gasteiger partial charge >= 0.3 is 0 Å². The highest BCUT2D eigenvalue weighted by Crippen LogP contribution is 2.35. The highest BCUT2D eigenvalue weighted by molar-refractivity contribution is 6.30. The van der Waals surface area contributed by atoms with Crippen molar-refractivity contribution in [3.63, 3.8) is 0 Å². The fraction of sp³-hybridized carbons (Fsp3) is 0.467. The molecule has 0 bridgehead atoms. The summed E-state index contributed by atoms with van der Waals surface area (Å²) in [7, 11) is 0. The van der Waals surface area contributed by atoms with Crippen molar-refractivity contribution in [2.24, 2.45) is 11.8 Å². The molecular formula is C30H35ClF2. The molecule has 3 aromatic rings. The van der Waals surface area contributed by atoms with Crippen LogP contribution in [0.5, 0.6) is 0 Å². The normalized spacial score (nSPS) is 18.7. The molecule has 1 saturated carbocycles. The molecular weight excluding hydrogens is 434 g/mol. The zero-order chi connectivity index (χ0) is 23.2. The van der Waals surface area contributed by atoms with Gasteiger partial charge in [-0.2, -0.15) is 0 Å². The number of unbranched alkanes of at least 4 members (excludes halogenated alkanes) is 3. The first-order valence-electron chi connectivity index (χ1n) is 12.7. The lowest BCUT2D eigenvalue weighted by Gasteiger charge is -2.28. The molecule has 0 nitrogen and oxygen atoms in total. The molecule has 0 aromatic heterocycles. The van der Waals surface area contributed by atoms with Gasteiger partial charge in [-0.05, 0) is 53.3 Å². The molecule has 0 amide bonds. The van der Waals surface area contributed by atoms with Gasteiger partial charge in [0.25, 0.3) is 0 Å². The number of fused-ring (bicyclic) bond motifs is 1. The molecule has 3 heteroatoms. The third kappa shape index (κ3) is 6.15. The van der Waals surface area contributed by atoms with Crippen molar-refractivity contribution in [1.82, 2.24) is 0 Å². The molecule has 0 saturated heterocycles. The third-order valence-electron chi connectivity index (χ3n) is 7.52. The average Bonchev–Trinajstić information content (AvgIpc) is 2.83. The van der Waals surface area contributed by atoms with Gasteiger partial charge in [0.1, 0.15) is 11.6 Å². The van der Waals surface area contributed by atoms with Crippen LogP contribution < -0.4 is 0 Å². The second kappa shape index (κ2) is 11.5. The highest BCUT2D eigenvalue weighted by Gasteiger charge is 2.21. The van der Waals surface area contributed by atoms with Gasteiger partial charge < -0.3 is 0 Å². The second-order valence-corrected chi connectivity index (χ2v) is 10.3. The van der Waals surface area contributed by atoms with Crippen LogP contribution >= 0.6 is 11.6 Å². The molecule has 3 aromatic carbocycles. The van der Waals surface area contributed by atoms with Gasteiger partial charge in [-0.15, -0.1) is 0 Å². The predicted octanol–water partition coefficient (Wildman–Crippen LogP) is 10.1. The molecule has 0 spiro atoms. The summed E-state index contributed by atoms with van der Waals surface area (Å²) in [5, 5.41) is 1.53. The molecule has 1 aliphatic rings. The van der Waals surface area contributed by atoms with E-state index in [0.717, 1.165) is 23.6 Å². The molecule has 0 aliphatic heterocycles. The second-order valence-electron chi connectivity index (χ2n) is 9.89. The van der Waals surface area contributed by atoms with Crippen LogP contribution in [0.1, 0.15) is 76.7 Å². The zero-order valence-electron chi connectivity index (χ0n) is 19.7. The SMILES string of the molecule is CCCCCCC1CCC(CCc2ccc3c(F)c(-c4ccc(Cl)c(F)c4)ccc3c2)CC1. The van der Waals surface area contributed by atoms with Crippen molar-refractivity contribution < 1.29 is 8.78 Å². The molecule has 176 valence electrons. The lowest BCUT2D eigenvalue weighted by Crippen LogP contribution is -2.15. The van der Waals surface area contributed by atoms with Crippen LogP contribution in [-0.4, -0.2) is 0 Å². The van der Waals surface area contributed by atoms with Crippen molar-refractivity contribution in [3.8, 4) is 11.1 Å². The topological polar surface area (TPSA) is 0 Å². The van der Waals surface area contributed by atoms with E-state index in [-0.39, 0.29) is 10.8 Å². The van der Waals surface area contributed by atoms with E-state index in [1.54, 1.807) is 12.1 Å². The zero-order valence-corrected chi connectivity index (χ0v) is 20.4. The van der Waals surface area contributed by atoms with Crippen molar-refractivity contribution in [3.05, 3.63) is 70.8 Å². The smallest absolute Gasteiger partial charge is 0.142 e. The molecule has 0 N–H and O–H groups in total. The van der Waals surface area contributed by atoms with E-state index in [9.17, 15) is 4.39 Å². The molecule has 0 heterocycles. The van der Waals surface area contributed by atoms with Crippen LogP contribution in [0, 0.1) is 23.5 Å². The van der Waals surface area contributed by atoms with Crippen LogP contribution in [0.4, 0.5) is 8.78 Å². The van der Waals surface area contributed by atoms with Gasteiger partial charge in [0.05, 0.1) is 5.02 Å². The Kier molecular flexibility index (Phi) is 8.41. The maximum Gasteiger partial charge on any atom is 0.142 e. The van der Waals surface area contributed by atoms with Gasteiger partial charge in [0.15, 0.2) is 0 Å². The summed E-state index contributed by atoms with van der Waals surface area (Å²) in [6, 6.07) is 14.1. The minimum atomic E-state index is -0.533. The minimum absolute atomic E-state index is 0.0463. The molecule has 0 atom stereocenters. The summed E-state index contributed by atoms with van der Waals surface area (Å²) in [6.45, 7) is 2.28. The van der Waals surface area contributed by atoms with Crippen LogP contribution in [-0.2, 0) is 6.42 Å². The standard InChI is InChI=1S/C30H35ClF2/c1-2-3-4-5-6-21-7-9-22(10-8-21)11-12-23-13-16-26-24(19-23)14-17-27(30(26)33)25-15-18-28(31)29(32)20-25/h13-22H,2-12H2,1H3. The van der Waals surface area contributed by atoms with Gasteiger partial charge in [-0.1, -0.05) is 113 Å². The fourth-order valence-corrected chi connectivity index (χ4v) is 5.54. The first kappa shape index (κ1) is 24.2. The summed E-state index contributed by atoms with van der Waals surface area (Å²) in [5.41, 5.74) is 2.17. The summed E-state index contributed by atoms with van der Waals surface area (Å²) < 4.78 is 29.1. The minimum Gasteiger partial charge on any atom is -0.206 e. The van der Waals surface area contributed by atoms with Crippen molar-refractivity contribution in [1.29, 1.82) is 0 Å². The van der Waals surface area contributed by atoms with Gasteiger partial charge in [0, 0.05) is 10.9 Å².